The van der Waals surface area contributed by atoms with Gasteiger partial charge < -0.3 is 10.2 Å². The van der Waals surface area contributed by atoms with Gasteiger partial charge in [0, 0.05) is 24.3 Å². The number of aliphatic hydroxyl groups is 2. The molecule has 0 unspecified atom stereocenters. The lowest BCUT2D eigenvalue weighted by Crippen LogP contribution is -2.07. The third-order valence-electron chi connectivity index (χ3n) is 3.68. The van der Waals surface area contributed by atoms with Gasteiger partial charge in [0.2, 0.25) is 0 Å². The Bertz CT molecular complexity index is 605. The third kappa shape index (κ3) is 4.26. The van der Waals surface area contributed by atoms with Gasteiger partial charge in [0.15, 0.2) is 5.78 Å². The fraction of sp³-hybridized carbons (Fsp3) is 0.316. The molecule has 3 heteroatoms. The van der Waals surface area contributed by atoms with Gasteiger partial charge in [-0.2, -0.15) is 0 Å². The van der Waals surface area contributed by atoms with Crippen molar-refractivity contribution < 1.29 is 15.0 Å². The molecule has 22 heavy (non-hydrogen) atoms. The molecular weight excluding hydrogens is 276 g/mol. The molecule has 0 bridgehead atoms. The van der Waals surface area contributed by atoms with E-state index in [0.29, 0.717) is 30.4 Å². The highest BCUT2D eigenvalue weighted by atomic mass is 16.3. The number of rotatable bonds is 8. The van der Waals surface area contributed by atoms with Crippen LogP contribution in [-0.4, -0.2) is 29.2 Å². The first-order valence-corrected chi connectivity index (χ1v) is 7.69. The number of benzene rings is 2. The summed E-state index contributed by atoms with van der Waals surface area (Å²) >= 11 is 0. The summed E-state index contributed by atoms with van der Waals surface area (Å²) in [5, 5.41) is 18.0. The van der Waals surface area contributed by atoms with Gasteiger partial charge in [0.1, 0.15) is 0 Å². The summed E-state index contributed by atoms with van der Waals surface area (Å²) in [6.45, 7) is 0.274. The Hall–Kier alpha value is -1.97. The van der Waals surface area contributed by atoms with Crippen molar-refractivity contribution in [2.24, 2.45) is 0 Å². The standard InChI is InChI=1S/C19H22O3/c20-12-4-6-15-10-11-18(17(14-15)9-5-13-21)19(22)16-7-2-1-3-8-16/h1-3,7-8,10-11,14,20-21H,4-6,9,12-13H2. The van der Waals surface area contributed by atoms with Crippen LogP contribution in [0.15, 0.2) is 48.5 Å². The summed E-state index contributed by atoms with van der Waals surface area (Å²) in [7, 11) is 0. The Morgan fingerprint density at radius 2 is 1.55 bits per heavy atom. The summed E-state index contributed by atoms with van der Waals surface area (Å²) in [6.07, 6.45) is 2.82. The molecule has 2 N–H and O–H groups in total. The summed E-state index contributed by atoms with van der Waals surface area (Å²) in [5.74, 6) is 0.0160. The Balaban J connectivity index is 2.30. The number of carbonyl (C=O) groups excluding carboxylic acids is 1. The van der Waals surface area contributed by atoms with E-state index >= 15 is 0 Å². The molecule has 0 fully saturated rings. The van der Waals surface area contributed by atoms with Gasteiger partial charge in [0.25, 0.3) is 0 Å². The van der Waals surface area contributed by atoms with E-state index in [-0.39, 0.29) is 19.0 Å². The van der Waals surface area contributed by atoms with E-state index in [1.54, 1.807) is 0 Å². The second-order valence-corrected chi connectivity index (χ2v) is 5.34. The average molecular weight is 298 g/mol. The Morgan fingerprint density at radius 1 is 0.864 bits per heavy atom. The largest absolute Gasteiger partial charge is 0.396 e. The molecule has 0 spiro atoms. The van der Waals surface area contributed by atoms with E-state index < -0.39 is 0 Å². The zero-order valence-electron chi connectivity index (χ0n) is 12.7. The van der Waals surface area contributed by atoms with Crippen LogP contribution in [0.1, 0.15) is 39.9 Å². The lowest BCUT2D eigenvalue weighted by Gasteiger charge is -2.11. The predicted molar refractivity (Wildman–Crippen MR) is 87.1 cm³/mol. The number of ketones is 1. The van der Waals surface area contributed by atoms with Crippen molar-refractivity contribution in [1.29, 1.82) is 0 Å². The van der Waals surface area contributed by atoms with Gasteiger partial charge in [-0.25, -0.2) is 0 Å². The van der Waals surface area contributed by atoms with Crippen molar-refractivity contribution >= 4 is 5.78 Å². The number of aliphatic hydroxyl groups excluding tert-OH is 2. The van der Waals surface area contributed by atoms with Crippen molar-refractivity contribution in [2.45, 2.75) is 25.7 Å². The number of carbonyl (C=O) groups is 1. The first-order valence-electron chi connectivity index (χ1n) is 7.69. The molecule has 0 saturated carbocycles. The molecule has 0 radical (unpaired) electrons. The topological polar surface area (TPSA) is 57.5 Å². The highest BCUT2D eigenvalue weighted by molar-refractivity contribution is 6.09. The molecule has 0 amide bonds. The van der Waals surface area contributed by atoms with Crippen molar-refractivity contribution in [3.63, 3.8) is 0 Å². The zero-order valence-corrected chi connectivity index (χ0v) is 12.7. The predicted octanol–water partition coefficient (Wildman–Crippen LogP) is 2.77. The highest BCUT2D eigenvalue weighted by Gasteiger charge is 2.13. The summed E-state index contributed by atoms with van der Waals surface area (Å²) < 4.78 is 0. The van der Waals surface area contributed by atoms with Crippen LogP contribution in [0.5, 0.6) is 0 Å². The van der Waals surface area contributed by atoms with Crippen molar-refractivity contribution in [3.05, 3.63) is 70.8 Å². The number of aryl methyl sites for hydroxylation is 2. The van der Waals surface area contributed by atoms with Gasteiger partial charge in [-0.15, -0.1) is 0 Å². The molecule has 0 aliphatic rings. The van der Waals surface area contributed by atoms with E-state index in [1.165, 1.54) is 0 Å². The van der Waals surface area contributed by atoms with Gasteiger partial charge in [0.05, 0.1) is 0 Å². The fourth-order valence-electron chi connectivity index (χ4n) is 2.53. The number of hydrogen-bond acceptors (Lipinski definition) is 3. The first-order chi connectivity index (χ1) is 10.8. The lowest BCUT2D eigenvalue weighted by molar-refractivity contribution is 0.103. The molecule has 0 aliphatic carbocycles. The lowest BCUT2D eigenvalue weighted by atomic mass is 9.93. The van der Waals surface area contributed by atoms with Crippen molar-refractivity contribution in [3.8, 4) is 0 Å². The molecule has 116 valence electrons. The van der Waals surface area contributed by atoms with Crippen LogP contribution in [0.25, 0.3) is 0 Å². The van der Waals surface area contributed by atoms with Gasteiger partial charge in [-0.05, 0) is 36.8 Å². The molecule has 0 atom stereocenters. The maximum atomic E-state index is 12.7. The van der Waals surface area contributed by atoms with Gasteiger partial charge in [-0.3, -0.25) is 4.79 Å². The minimum atomic E-state index is 0.0160. The summed E-state index contributed by atoms with van der Waals surface area (Å²) in [5.41, 5.74) is 3.47. The second kappa shape index (κ2) is 8.47. The number of hydrogen-bond donors (Lipinski definition) is 2. The fourth-order valence-corrected chi connectivity index (χ4v) is 2.53. The molecule has 3 nitrogen and oxygen atoms in total. The van der Waals surface area contributed by atoms with E-state index in [0.717, 1.165) is 17.5 Å². The van der Waals surface area contributed by atoms with E-state index in [4.69, 9.17) is 10.2 Å². The van der Waals surface area contributed by atoms with E-state index in [9.17, 15) is 4.79 Å². The average Bonchev–Trinajstić information content (AvgIpc) is 2.58. The van der Waals surface area contributed by atoms with Crippen LogP contribution in [0.2, 0.25) is 0 Å². The quantitative estimate of drug-likeness (QED) is 0.737. The Kier molecular flexibility index (Phi) is 6.31. The van der Waals surface area contributed by atoms with Crippen LogP contribution in [-0.2, 0) is 12.8 Å². The molecule has 0 aliphatic heterocycles. The Morgan fingerprint density at radius 3 is 2.23 bits per heavy atom. The van der Waals surface area contributed by atoms with Crippen molar-refractivity contribution in [2.75, 3.05) is 13.2 Å². The monoisotopic (exact) mass is 298 g/mol. The zero-order chi connectivity index (χ0) is 15.8. The molecule has 0 saturated heterocycles. The second-order valence-electron chi connectivity index (χ2n) is 5.34. The molecule has 0 heterocycles. The highest BCUT2D eigenvalue weighted by Crippen LogP contribution is 2.19. The summed E-state index contributed by atoms with van der Waals surface area (Å²) in [6, 6.07) is 15.1. The molecule has 2 aromatic rings. The smallest absolute Gasteiger partial charge is 0.193 e. The maximum Gasteiger partial charge on any atom is 0.193 e. The van der Waals surface area contributed by atoms with Crippen LogP contribution in [0.4, 0.5) is 0 Å². The summed E-state index contributed by atoms with van der Waals surface area (Å²) in [4.78, 5) is 12.7. The van der Waals surface area contributed by atoms with Crippen molar-refractivity contribution in [1.82, 2.24) is 0 Å². The minimum absolute atomic E-state index is 0.0160. The molecule has 2 rings (SSSR count). The SMILES string of the molecule is O=C(c1ccccc1)c1ccc(CCCO)cc1CCCO. The van der Waals surface area contributed by atoms with Crippen LogP contribution >= 0.6 is 0 Å². The minimum Gasteiger partial charge on any atom is -0.396 e. The Labute approximate surface area is 131 Å². The van der Waals surface area contributed by atoms with E-state index in [2.05, 4.69) is 0 Å². The van der Waals surface area contributed by atoms with Gasteiger partial charge >= 0.3 is 0 Å². The van der Waals surface area contributed by atoms with Gasteiger partial charge in [-0.1, -0.05) is 48.5 Å². The van der Waals surface area contributed by atoms with Crippen LogP contribution in [0, 0.1) is 0 Å². The third-order valence-corrected chi connectivity index (χ3v) is 3.68. The van der Waals surface area contributed by atoms with Crippen LogP contribution in [0.3, 0.4) is 0 Å². The molecular formula is C19H22O3. The maximum absolute atomic E-state index is 12.7. The molecule has 0 aromatic heterocycles. The first kappa shape index (κ1) is 16.4. The van der Waals surface area contributed by atoms with Crippen LogP contribution < -0.4 is 0 Å². The normalized spacial score (nSPS) is 10.6. The molecule has 2 aromatic carbocycles. The van der Waals surface area contributed by atoms with E-state index in [1.807, 2.05) is 48.5 Å².